The van der Waals surface area contributed by atoms with Gasteiger partial charge in [0.05, 0.1) is 11.0 Å². The molecule has 0 fully saturated rings. The molecular formula is C22H23N5O4S. The molecule has 1 aromatic heterocycles. The number of rotatable bonds is 7. The lowest BCUT2D eigenvalue weighted by atomic mass is 9.97. The topological polar surface area (TPSA) is 138 Å². The van der Waals surface area contributed by atoms with Gasteiger partial charge in [0.2, 0.25) is 21.7 Å². The van der Waals surface area contributed by atoms with E-state index in [1.165, 1.54) is 24.3 Å². The Morgan fingerprint density at radius 1 is 1.09 bits per heavy atom. The van der Waals surface area contributed by atoms with Crippen molar-refractivity contribution in [2.24, 2.45) is 0 Å². The lowest BCUT2D eigenvalue weighted by Gasteiger charge is -2.10. The van der Waals surface area contributed by atoms with Gasteiger partial charge >= 0.3 is 0 Å². The Morgan fingerprint density at radius 2 is 1.75 bits per heavy atom. The normalized spacial score (nSPS) is 11.7. The molecule has 3 aromatic rings. The first-order valence-corrected chi connectivity index (χ1v) is 11.3. The second-order valence-electron chi connectivity index (χ2n) is 8.03. The summed E-state index contributed by atoms with van der Waals surface area (Å²) in [5.74, 6) is 0.623. The molecule has 0 radical (unpaired) electrons. The van der Waals surface area contributed by atoms with Crippen molar-refractivity contribution in [2.75, 3.05) is 11.9 Å². The van der Waals surface area contributed by atoms with Crippen LogP contribution in [-0.4, -0.2) is 31.0 Å². The van der Waals surface area contributed by atoms with Gasteiger partial charge in [0, 0.05) is 35.2 Å². The molecule has 0 unspecified atom stereocenters. The molecule has 0 spiro atoms. The molecule has 0 aliphatic heterocycles. The third-order valence-electron chi connectivity index (χ3n) is 4.42. The maximum atomic E-state index is 12.5. The fourth-order valence-corrected chi connectivity index (χ4v) is 3.69. The average molecular weight is 454 g/mol. The molecule has 0 bridgehead atoms. The largest absolute Gasteiger partial charge is 0.338 e. The fraction of sp³-hybridized carbons (Fsp3) is 0.273. The Bertz CT molecular complexity index is 1240. The van der Waals surface area contributed by atoms with Crippen molar-refractivity contribution in [1.29, 1.82) is 5.26 Å². The highest BCUT2D eigenvalue weighted by Gasteiger charge is 2.22. The molecule has 0 aliphatic rings. The molecule has 1 heterocycles. The first-order valence-electron chi connectivity index (χ1n) is 9.83. The highest BCUT2D eigenvalue weighted by molar-refractivity contribution is 7.89. The van der Waals surface area contributed by atoms with E-state index in [9.17, 15) is 13.2 Å². The van der Waals surface area contributed by atoms with Crippen LogP contribution in [0.1, 0.15) is 43.4 Å². The monoisotopic (exact) mass is 453 g/mol. The molecular weight excluding hydrogens is 430 g/mol. The maximum Gasteiger partial charge on any atom is 0.255 e. The fourth-order valence-electron chi connectivity index (χ4n) is 2.66. The van der Waals surface area contributed by atoms with E-state index in [-0.39, 0.29) is 29.2 Å². The summed E-state index contributed by atoms with van der Waals surface area (Å²) in [6.07, 6.45) is 0.0724. The van der Waals surface area contributed by atoms with Gasteiger partial charge in [-0.05, 0) is 48.5 Å². The Balaban J connectivity index is 1.66. The Morgan fingerprint density at radius 3 is 2.31 bits per heavy atom. The van der Waals surface area contributed by atoms with Gasteiger partial charge in [0.1, 0.15) is 0 Å². The molecule has 0 atom stereocenters. The first kappa shape index (κ1) is 23.1. The first-order chi connectivity index (χ1) is 15.1. The molecule has 2 aromatic carbocycles. The quantitative estimate of drug-likeness (QED) is 0.522. The SMILES string of the molecule is CC(C)(C)c1nc(-c2ccc(NC(=O)c3ccc(S(=O)(=O)NCCC#N)cc3)cc2)no1. The minimum absolute atomic E-state index is 0.0195. The summed E-state index contributed by atoms with van der Waals surface area (Å²) >= 11 is 0. The van der Waals surface area contributed by atoms with Crippen LogP contribution in [0.25, 0.3) is 11.4 Å². The van der Waals surface area contributed by atoms with Gasteiger partial charge in [-0.15, -0.1) is 0 Å². The third-order valence-corrected chi connectivity index (χ3v) is 5.90. The van der Waals surface area contributed by atoms with Crippen molar-refractivity contribution in [2.45, 2.75) is 37.5 Å². The van der Waals surface area contributed by atoms with Gasteiger partial charge in [-0.1, -0.05) is 25.9 Å². The zero-order valence-corrected chi connectivity index (χ0v) is 18.7. The number of carbonyl (C=O) groups is 1. The Kier molecular flexibility index (Phi) is 6.72. The summed E-state index contributed by atoms with van der Waals surface area (Å²) < 4.78 is 31.9. The van der Waals surface area contributed by atoms with Crippen LogP contribution < -0.4 is 10.0 Å². The van der Waals surface area contributed by atoms with Crippen molar-refractivity contribution >= 4 is 21.6 Å². The number of hydrogen-bond donors (Lipinski definition) is 2. The van der Waals surface area contributed by atoms with Crippen molar-refractivity contribution in [3.05, 3.63) is 60.0 Å². The molecule has 3 rings (SSSR count). The van der Waals surface area contributed by atoms with Crippen LogP contribution in [0.5, 0.6) is 0 Å². The number of nitrogens with one attached hydrogen (secondary N) is 2. The highest BCUT2D eigenvalue weighted by Crippen LogP contribution is 2.24. The van der Waals surface area contributed by atoms with Crippen LogP contribution in [0, 0.1) is 11.3 Å². The number of nitriles is 1. The molecule has 2 N–H and O–H groups in total. The van der Waals surface area contributed by atoms with E-state index in [1.807, 2.05) is 26.8 Å². The lowest BCUT2D eigenvalue weighted by molar-refractivity contribution is 0.102. The highest BCUT2D eigenvalue weighted by atomic mass is 32.2. The van der Waals surface area contributed by atoms with Crippen LogP contribution in [0.4, 0.5) is 5.69 Å². The number of nitrogens with zero attached hydrogens (tertiary/aromatic N) is 3. The van der Waals surface area contributed by atoms with E-state index in [4.69, 9.17) is 9.78 Å². The summed E-state index contributed by atoms with van der Waals surface area (Å²) in [5, 5.41) is 15.3. The van der Waals surface area contributed by atoms with Gasteiger partial charge < -0.3 is 9.84 Å². The molecule has 1 amide bonds. The van der Waals surface area contributed by atoms with Crippen molar-refractivity contribution in [3.63, 3.8) is 0 Å². The molecule has 10 heteroatoms. The number of aromatic nitrogens is 2. The van der Waals surface area contributed by atoms with Gasteiger partial charge in [0.15, 0.2) is 0 Å². The van der Waals surface area contributed by atoms with Crippen molar-refractivity contribution in [1.82, 2.24) is 14.9 Å². The van der Waals surface area contributed by atoms with Crippen LogP contribution in [0.2, 0.25) is 0 Å². The molecule has 32 heavy (non-hydrogen) atoms. The smallest absolute Gasteiger partial charge is 0.255 e. The number of amides is 1. The minimum Gasteiger partial charge on any atom is -0.338 e. The van der Waals surface area contributed by atoms with Gasteiger partial charge in [-0.3, -0.25) is 4.79 Å². The van der Waals surface area contributed by atoms with E-state index in [0.29, 0.717) is 23.0 Å². The number of sulfonamides is 1. The van der Waals surface area contributed by atoms with Crippen molar-refractivity contribution in [3.8, 4) is 17.5 Å². The van der Waals surface area contributed by atoms with Gasteiger partial charge in [0.25, 0.3) is 5.91 Å². The third kappa shape index (κ3) is 5.57. The number of hydrogen-bond acceptors (Lipinski definition) is 7. The summed E-state index contributed by atoms with van der Waals surface area (Å²) in [6.45, 7) is 5.97. The number of anilines is 1. The average Bonchev–Trinajstić information content (AvgIpc) is 3.25. The molecule has 0 aliphatic carbocycles. The van der Waals surface area contributed by atoms with E-state index in [2.05, 4.69) is 20.2 Å². The minimum atomic E-state index is -3.72. The predicted octanol–water partition coefficient (Wildman–Crippen LogP) is 3.48. The predicted molar refractivity (Wildman–Crippen MR) is 118 cm³/mol. The molecule has 0 saturated heterocycles. The zero-order chi connectivity index (χ0) is 23.4. The Labute approximate surface area is 186 Å². The Hall–Kier alpha value is -3.55. The summed E-state index contributed by atoms with van der Waals surface area (Å²) in [5.41, 5.74) is 1.37. The van der Waals surface area contributed by atoms with E-state index >= 15 is 0 Å². The van der Waals surface area contributed by atoms with E-state index in [0.717, 1.165) is 5.56 Å². The second kappa shape index (κ2) is 9.30. The van der Waals surface area contributed by atoms with Crippen LogP contribution in [0.15, 0.2) is 57.9 Å². The molecule has 166 valence electrons. The second-order valence-corrected chi connectivity index (χ2v) is 9.80. The summed E-state index contributed by atoms with van der Waals surface area (Å²) in [6, 6.07) is 14.4. The summed E-state index contributed by atoms with van der Waals surface area (Å²) in [7, 11) is -3.72. The summed E-state index contributed by atoms with van der Waals surface area (Å²) in [4.78, 5) is 16.9. The van der Waals surface area contributed by atoms with Crippen LogP contribution in [-0.2, 0) is 15.4 Å². The number of carbonyl (C=O) groups excluding carboxylic acids is 1. The van der Waals surface area contributed by atoms with E-state index < -0.39 is 10.0 Å². The molecule has 0 saturated carbocycles. The van der Waals surface area contributed by atoms with Crippen LogP contribution in [0.3, 0.4) is 0 Å². The standard InChI is InChI=1S/C22H23N5O4S/c1-22(2,3)21-26-19(27-31-21)15-5-9-17(10-6-15)25-20(28)16-7-11-18(12-8-16)32(29,30)24-14-4-13-23/h5-12,24H,4,14H2,1-3H3,(H,25,28). The number of benzene rings is 2. The van der Waals surface area contributed by atoms with Crippen molar-refractivity contribution < 1.29 is 17.7 Å². The molecule has 9 nitrogen and oxygen atoms in total. The maximum absolute atomic E-state index is 12.5. The van der Waals surface area contributed by atoms with Gasteiger partial charge in [-0.2, -0.15) is 10.2 Å². The van der Waals surface area contributed by atoms with E-state index in [1.54, 1.807) is 24.3 Å². The zero-order valence-electron chi connectivity index (χ0n) is 17.9. The van der Waals surface area contributed by atoms with Gasteiger partial charge in [-0.25, -0.2) is 13.1 Å². The lowest BCUT2D eigenvalue weighted by Crippen LogP contribution is -2.24. The van der Waals surface area contributed by atoms with Crippen LogP contribution >= 0.6 is 0 Å².